The van der Waals surface area contributed by atoms with Gasteiger partial charge in [0.1, 0.15) is 0 Å². The van der Waals surface area contributed by atoms with E-state index in [0.717, 1.165) is 21.2 Å². The molecule has 19 heavy (non-hydrogen) atoms. The summed E-state index contributed by atoms with van der Waals surface area (Å²) in [7, 11) is 0. The topological polar surface area (TPSA) is 37.3 Å². The molecule has 2 rings (SSSR count). The molecule has 0 atom stereocenters. The molecule has 3 heteroatoms. The molecule has 0 fully saturated rings. The second kappa shape index (κ2) is 5.85. The molecule has 2 nitrogen and oxygen atoms in total. The van der Waals surface area contributed by atoms with Crippen LogP contribution in [0.3, 0.4) is 0 Å². The maximum atomic E-state index is 10.8. The first kappa shape index (κ1) is 13.6. The van der Waals surface area contributed by atoms with Gasteiger partial charge in [0, 0.05) is 10.0 Å². The van der Waals surface area contributed by atoms with Gasteiger partial charge in [0.05, 0.1) is 0 Å². The molecule has 0 saturated carbocycles. The summed E-state index contributed by atoms with van der Waals surface area (Å²) in [5.41, 5.74) is 3.46. The van der Waals surface area contributed by atoms with Crippen molar-refractivity contribution in [3.05, 3.63) is 64.1 Å². The number of carbonyl (C=O) groups is 1. The molecule has 0 heterocycles. The Morgan fingerprint density at radius 3 is 1.95 bits per heavy atom. The minimum absolute atomic E-state index is 0.330. The first-order chi connectivity index (χ1) is 9.06. The Balaban J connectivity index is 2.26. The Kier molecular flexibility index (Phi) is 4.17. The number of rotatable bonds is 3. The fourth-order valence-corrected chi connectivity index (χ4v) is 1.99. The highest BCUT2D eigenvalue weighted by Crippen LogP contribution is 2.22. The van der Waals surface area contributed by atoms with E-state index in [2.05, 4.69) is 15.9 Å². The lowest BCUT2D eigenvalue weighted by Crippen LogP contribution is -1.95. The molecule has 0 aliphatic rings. The lowest BCUT2D eigenvalue weighted by atomic mass is 10.0. The van der Waals surface area contributed by atoms with E-state index in [4.69, 9.17) is 5.11 Å². The Labute approximate surface area is 120 Å². The minimum Gasteiger partial charge on any atom is -0.478 e. The van der Waals surface area contributed by atoms with Crippen molar-refractivity contribution in [3.8, 4) is 11.1 Å². The van der Waals surface area contributed by atoms with Gasteiger partial charge in [0.15, 0.2) is 0 Å². The van der Waals surface area contributed by atoms with Gasteiger partial charge in [-0.25, -0.2) is 4.79 Å². The van der Waals surface area contributed by atoms with Gasteiger partial charge in [0.25, 0.3) is 0 Å². The zero-order chi connectivity index (χ0) is 13.8. The summed E-state index contributed by atoms with van der Waals surface area (Å²) in [5, 5.41) is 8.83. The largest absolute Gasteiger partial charge is 0.478 e. The molecule has 2 aromatic carbocycles. The van der Waals surface area contributed by atoms with Crippen LogP contribution in [0.15, 0.2) is 58.6 Å². The smallest absolute Gasteiger partial charge is 0.331 e. The maximum absolute atomic E-state index is 10.8. The first-order valence-electron chi connectivity index (χ1n) is 5.84. The average Bonchev–Trinajstić information content (AvgIpc) is 2.40. The van der Waals surface area contributed by atoms with E-state index in [-0.39, 0.29) is 0 Å². The van der Waals surface area contributed by atoms with E-state index in [1.807, 2.05) is 48.5 Å². The van der Waals surface area contributed by atoms with Crippen molar-refractivity contribution in [2.75, 3.05) is 0 Å². The van der Waals surface area contributed by atoms with Crippen LogP contribution in [0, 0.1) is 0 Å². The Morgan fingerprint density at radius 2 is 1.47 bits per heavy atom. The number of carboxylic acid groups (broad SMARTS) is 1. The molecule has 2 aromatic rings. The Hall–Kier alpha value is -1.87. The summed E-state index contributed by atoms with van der Waals surface area (Å²) < 4.78 is 1.05. The molecule has 0 spiro atoms. The summed E-state index contributed by atoms with van der Waals surface area (Å²) >= 11 is 3.41. The number of benzene rings is 2. The van der Waals surface area contributed by atoms with Gasteiger partial charge in [-0.05, 0) is 41.8 Å². The van der Waals surface area contributed by atoms with E-state index in [1.165, 1.54) is 0 Å². The standard InChI is InChI=1S/C16H13BrO2/c1-11(16(18)19)10-12-2-4-13(5-3-12)14-6-8-15(17)9-7-14/h2-10H,1H3,(H,18,19). The van der Waals surface area contributed by atoms with Crippen LogP contribution in [0.1, 0.15) is 12.5 Å². The summed E-state index contributed by atoms with van der Waals surface area (Å²) in [6.07, 6.45) is 1.66. The summed E-state index contributed by atoms with van der Waals surface area (Å²) in [6.45, 7) is 1.59. The molecule has 96 valence electrons. The second-order valence-electron chi connectivity index (χ2n) is 4.26. The highest BCUT2D eigenvalue weighted by molar-refractivity contribution is 9.10. The van der Waals surface area contributed by atoms with Gasteiger partial charge in [0.2, 0.25) is 0 Å². The average molecular weight is 317 g/mol. The van der Waals surface area contributed by atoms with E-state index in [9.17, 15) is 4.79 Å². The van der Waals surface area contributed by atoms with Crippen LogP contribution in [-0.4, -0.2) is 11.1 Å². The predicted molar refractivity (Wildman–Crippen MR) is 80.9 cm³/mol. The third kappa shape index (κ3) is 3.55. The predicted octanol–water partition coefficient (Wildman–Crippen LogP) is 4.60. The number of hydrogen-bond donors (Lipinski definition) is 1. The molecule has 0 unspecified atom stereocenters. The van der Waals surface area contributed by atoms with E-state index >= 15 is 0 Å². The molecule has 0 aromatic heterocycles. The van der Waals surface area contributed by atoms with Crippen molar-refractivity contribution in [1.82, 2.24) is 0 Å². The molecule has 0 aliphatic carbocycles. The maximum Gasteiger partial charge on any atom is 0.331 e. The van der Waals surface area contributed by atoms with Crippen molar-refractivity contribution in [2.45, 2.75) is 6.92 Å². The molecule has 0 aliphatic heterocycles. The molecular formula is C16H13BrO2. The quantitative estimate of drug-likeness (QED) is 0.840. The second-order valence-corrected chi connectivity index (χ2v) is 5.18. The normalized spacial score (nSPS) is 11.4. The van der Waals surface area contributed by atoms with Gasteiger partial charge in [-0.15, -0.1) is 0 Å². The van der Waals surface area contributed by atoms with Gasteiger partial charge in [-0.2, -0.15) is 0 Å². The highest BCUT2D eigenvalue weighted by Gasteiger charge is 2.01. The van der Waals surface area contributed by atoms with Crippen LogP contribution in [0.2, 0.25) is 0 Å². The monoisotopic (exact) mass is 316 g/mol. The van der Waals surface area contributed by atoms with Gasteiger partial charge < -0.3 is 5.11 Å². The molecule has 0 radical (unpaired) electrons. The fraction of sp³-hybridized carbons (Fsp3) is 0.0625. The van der Waals surface area contributed by atoms with Gasteiger partial charge in [-0.3, -0.25) is 0 Å². The highest BCUT2D eigenvalue weighted by atomic mass is 79.9. The third-order valence-electron chi connectivity index (χ3n) is 2.81. The fourth-order valence-electron chi connectivity index (χ4n) is 1.73. The Morgan fingerprint density at radius 1 is 1.00 bits per heavy atom. The lowest BCUT2D eigenvalue weighted by Gasteiger charge is -2.03. The molecule has 0 saturated heterocycles. The zero-order valence-electron chi connectivity index (χ0n) is 10.4. The van der Waals surface area contributed by atoms with Crippen molar-refractivity contribution < 1.29 is 9.90 Å². The molecule has 0 amide bonds. The Bertz CT molecular complexity index is 610. The van der Waals surface area contributed by atoms with E-state index in [0.29, 0.717) is 5.57 Å². The molecule has 0 bridgehead atoms. The number of halogens is 1. The van der Waals surface area contributed by atoms with Crippen LogP contribution in [0.25, 0.3) is 17.2 Å². The van der Waals surface area contributed by atoms with Crippen molar-refractivity contribution in [1.29, 1.82) is 0 Å². The molecule has 1 N–H and O–H groups in total. The zero-order valence-corrected chi connectivity index (χ0v) is 12.0. The SMILES string of the molecule is CC(=Cc1ccc(-c2ccc(Br)cc2)cc1)C(=O)O. The van der Waals surface area contributed by atoms with Crippen LogP contribution in [0.5, 0.6) is 0 Å². The van der Waals surface area contributed by atoms with Crippen LogP contribution >= 0.6 is 15.9 Å². The van der Waals surface area contributed by atoms with Gasteiger partial charge in [-0.1, -0.05) is 52.3 Å². The van der Waals surface area contributed by atoms with Crippen LogP contribution in [0.4, 0.5) is 0 Å². The number of hydrogen-bond acceptors (Lipinski definition) is 1. The van der Waals surface area contributed by atoms with Gasteiger partial charge >= 0.3 is 5.97 Å². The molecular weight excluding hydrogens is 304 g/mol. The minimum atomic E-state index is -0.892. The van der Waals surface area contributed by atoms with Crippen LogP contribution < -0.4 is 0 Å². The number of aliphatic carboxylic acids is 1. The summed E-state index contributed by atoms with van der Waals surface area (Å²) in [6, 6.07) is 15.9. The van der Waals surface area contributed by atoms with Crippen LogP contribution in [-0.2, 0) is 4.79 Å². The third-order valence-corrected chi connectivity index (χ3v) is 3.34. The van der Waals surface area contributed by atoms with Crippen molar-refractivity contribution >= 4 is 28.0 Å². The van der Waals surface area contributed by atoms with E-state index < -0.39 is 5.97 Å². The summed E-state index contributed by atoms with van der Waals surface area (Å²) in [4.78, 5) is 10.8. The number of carboxylic acids is 1. The van der Waals surface area contributed by atoms with Crippen molar-refractivity contribution in [3.63, 3.8) is 0 Å². The van der Waals surface area contributed by atoms with E-state index in [1.54, 1.807) is 13.0 Å². The summed E-state index contributed by atoms with van der Waals surface area (Å²) in [5.74, 6) is -0.892. The first-order valence-corrected chi connectivity index (χ1v) is 6.63. The lowest BCUT2D eigenvalue weighted by molar-refractivity contribution is -0.132. The van der Waals surface area contributed by atoms with Crippen molar-refractivity contribution in [2.24, 2.45) is 0 Å².